The summed E-state index contributed by atoms with van der Waals surface area (Å²) in [6.45, 7) is 0. The smallest absolute Gasteiger partial charge is 0.316 e. The second-order valence-electron chi connectivity index (χ2n) is 4.14. The van der Waals surface area contributed by atoms with Gasteiger partial charge in [-0.25, -0.2) is 9.97 Å². The third-order valence-electron chi connectivity index (χ3n) is 2.62. The van der Waals surface area contributed by atoms with Crippen LogP contribution < -0.4 is 10.1 Å². The molecule has 0 unspecified atom stereocenters. The number of nitrogens with zero attached hydrogens (tertiary/aromatic N) is 2. The van der Waals surface area contributed by atoms with Crippen LogP contribution in [0.5, 0.6) is 6.01 Å². The van der Waals surface area contributed by atoms with Crippen LogP contribution >= 0.6 is 11.6 Å². The first-order valence-corrected chi connectivity index (χ1v) is 6.45. The molecule has 0 bridgehead atoms. The fourth-order valence-electron chi connectivity index (χ4n) is 1.66. The van der Waals surface area contributed by atoms with Crippen molar-refractivity contribution in [2.45, 2.75) is 12.8 Å². The summed E-state index contributed by atoms with van der Waals surface area (Å²) in [7, 11) is 1.48. The first kappa shape index (κ1) is 14.3. The summed E-state index contributed by atoms with van der Waals surface area (Å²) in [4.78, 5) is 19.6. The summed E-state index contributed by atoms with van der Waals surface area (Å²) in [6, 6.07) is 7.73. The van der Waals surface area contributed by atoms with Gasteiger partial charge in [-0.15, -0.1) is 0 Å². The molecule has 0 aliphatic heterocycles. The van der Waals surface area contributed by atoms with Crippen molar-refractivity contribution in [3.63, 3.8) is 0 Å². The molecule has 6 heteroatoms. The number of hydrogen-bond donors (Lipinski definition) is 1. The van der Waals surface area contributed by atoms with Crippen LogP contribution in [0, 0.1) is 0 Å². The monoisotopic (exact) mass is 291 g/mol. The van der Waals surface area contributed by atoms with Gasteiger partial charge in [0, 0.05) is 11.4 Å². The zero-order chi connectivity index (χ0) is 14.4. The average Bonchev–Trinajstić information content (AvgIpc) is 2.46. The summed E-state index contributed by atoms with van der Waals surface area (Å²) >= 11 is 5.89. The van der Waals surface area contributed by atoms with E-state index in [-0.39, 0.29) is 11.9 Å². The second-order valence-corrected chi connectivity index (χ2v) is 4.57. The summed E-state index contributed by atoms with van der Waals surface area (Å²) in [5.74, 6) is -0.0984. The molecule has 0 saturated heterocycles. The fourth-order valence-corrected chi connectivity index (χ4v) is 1.87. The Morgan fingerprint density at radius 1 is 1.35 bits per heavy atom. The van der Waals surface area contributed by atoms with E-state index < -0.39 is 0 Å². The molecule has 20 heavy (non-hydrogen) atoms. The van der Waals surface area contributed by atoms with Gasteiger partial charge in [0.1, 0.15) is 0 Å². The Bertz CT molecular complexity index is 587. The van der Waals surface area contributed by atoms with Crippen molar-refractivity contribution in [1.82, 2.24) is 9.97 Å². The molecule has 0 saturated carbocycles. The largest absolute Gasteiger partial charge is 0.467 e. The van der Waals surface area contributed by atoms with E-state index in [0.717, 1.165) is 5.56 Å². The van der Waals surface area contributed by atoms with Crippen LogP contribution in [-0.2, 0) is 11.2 Å². The highest BCUT2D eigenvalue weighted by Gasteiger charge is 2.05. The van der Waals surface area contributed by atoms with Gasteiger partial charge in [-0.05, 0) is 24.1 Å². The minimum atomic E-state index is -0.0984. The Morgan fingerprint density at radius 3 is 2.75 bits per heavy atom. The molecule has 0 radical (unpaired) electrons. The van der Waals surface area contributed by atoms with Crippen LogP contribution in [-0.4, -0.2) is 23.0 Å². The first-order valence-electron chi connectivity index (χ1n) is 6.07. The van der Waals surface area contributed by atoms with Crippen LogP contribution in [0.3, 0.4) is 0 Å². The maximum atomic E-state index is 11.8. The quantitative estimate of drug-likeness (QED) is 0.920. The van der Waals surface area contributed by atoms with Crippen LogP contribution in [0.25, 0.3) is 0 Å². The fraction of sp³-hybridized carbons (Fsp3) is 0.214. The van der Waals surface area contributed by atoms with E-state index in [2.05, 4.69) is 15.3 Å². The molecular weight excluding hydrogens is 278 g/mol. The Labute approximate surface area is 122 Å². The standard InChI is InChI=1S/C14H14ClN3O2/c1-20-14-16-8-12(9-17-14)18-13(19)6-5-10-3-2-4-11(15)7-10/h2-4,7-9H,5-6H2,1H3,(H,18,19). The number of nitrogens with one attached hydrogen (secondary N) is 1. The van der Waals surface area contributed by atoms with Crippen LogP contribution in [0.1, 0.15) is 12.0 Å². The topological polar surface area (TPSA) is 64.1 Å². The van der Waals surface area contributed by atoms with E-state index in [9.17, 15) is 4.79 Å². The van der Waals surface area contributed by atoms with Gasteiger partial charge >= 0.3 is 6.01 Å². The maximum Gasteiger partial charge on any atom is 0.316 e. The molecule has 0 aliphatic rings. The predicted octanol–water partition coefficient (Wildman–Crippen LogP) is 2.71. The number of aryl methyl sites for hydroxylation is 1. The van der Waals surface area contributed by atoms with Crippen molar-refractivity contribution in [2.75, 3.05) is 12.4 Å². The zero-order valence-corrected chi connectivity index (χ0v) is 11.7. The van der Waals surface area contributed by atoms with Gasteiger partial charge in [0.05, 0.1) is 25.2 Å². The second kappa shape index (κ2) is 6.86. The summed E-state index contributed by atoms with van der Waals surface area (Å²) in [6.07, 6.45) is 4.00. The molecule has 0 spiro atoms. The molecule has 5 nitrogen and oxygen atoms in total. The SMILES string of the molecule is COc1ncc(NC(=O)CCc2cccc(Cl)c2)cn1. The minimum absolute atomic E-state index is 0.0984. The van der Waals surface area contributed by atoms with Gasteiger partial charge in [0.2, 0.25) is 5.91 Å². The molecule has 2 rings (SSSR count). The van der Waals surface area contributed by atoms with E-state index in [1.165, 1.54) is 19.5 Å². The Hall–Kier alpha value is -2.14. The van der Waals surface area contributed by atoms with Gasteiger partial charge in [-0.3, -0.25) is 4.79 Å². The first-order chi connectivity index (χ1) is 9.67. The molecular formula is C14H14ClN3O2. The summed E-state index contributed by atoms with van der Waals surface area (Å²) in [5, 5.41) is 3.40. The highest BCUT2D eigenvalue weighted by atomic mass is 35.5. The van der Waals surface area contributed by atoms with Crippen molar-refractivity contribution in [3.8, 4) is 6.01 Å². The molecule has 0 fully saturated rings. The van der Waals surface area contributed by atoms with E-state index in [4.69, 9.17) is 16.3 Å². The lowest BCUT2D eigenvalue weighted by Gasteiger charge is -2.05. The number of anilines is 1. The van der Waals surface area contributed by atoms with Crippen molar-refractivity contribution in [3.05, 3.63) is 47.2 Å². The van der Waals surface area contributed by atoms with E-state index in [0.29, 0.717) is 23.6 Å². The molecule has 1 heterocycles. The number of aromatic nitrogens is 2. The molecule has 2 aromatic rings. The van der Waals surface area contributed by atoms with E-state index in [1.807, 2.05) is 18.2 Å². The predicted molar refractivity (Wildman–Crippen MR) is 77.0 cm³/mol. The summed E-state index contributed by atoms with van der Waals surface area (Å²) in [5.41, 5.74) is 1.57. The van der Waals surface area contributed by atoms with Crippen molar-refractivity contribution in [2.24, 2.45) is 0 Å². The highest BCUT2D eigenvalue weighted by Crippen LogP contribution is 2.13. The number of carbonyl (C=O) groups excluding carboxylic acids is 1. The number of hydrogen-bond acceptors (Lipinski definition) is 4. The van der Waals surface area contributed by atoms with Crippen molar-refractivity contribution in [1.29, 1.82) is 0 Å². The maximum absolute atomic E-state index is 11.8. The molecule has 0 atom stereocenters. The van der Waals surface area contributed by atoms with E-state index >= 15 is 0 Å². The molecule has 1 N–H and O–H groups in total. The molecule has 1 aromatic carbocycles. The molecule has 0 aliphatic carbocycles. The van der Waals surface area contributed by atoms with E-state index in [1.54, 1.807) is 6.07 Å². The highest BCUT2D eigenvalue weighted by molar-refractivity contribution is 6.30. The van der Waals surface area contributed by atoms with Gasteiger partial charge in [-0.2, -0.15) is 0 Å². The zero-order valence-electron chi connectivity index (χ0n) is 11.0. The van der Waals surface area contributed by atoms with Gasteiger partial charge in [0.25, 0.3) is 0 Å². The summed E-state index contributed by atoms with van der Waals surface area (Å²) < 4.78 is 4.84. The number of ether oxygens (including phenoxy) is 1. The van der Waals surface area contributed by atoms with Crippen molar-refractivity contribution >= 4 is 23.2 Å². The Balaban J connectivity index is 1.85. The number of methoxy groups -OCH3 is 1. The van der Waals surface area contributed by atoms with Gasteiger partial charge in [0.15, 0.2) is 0 Å². The van der Waals surface area contributed by atoms with Gasteiger partial charge < -0.3 is 10.1 Å². The lowest BCUT2D eigenvalue weighted by molar-refractivity contribution is -0.116. The van der Waals surface area contributed by atoms with Crippen LogP contribution in [0.4, 0.5) is 5.69 Å². The molecule has 1 aromatic heterocycles. The average molecular weight is 292 g/mol. The Morgan fingerprint density at radius 2 is 2.10 bits per heavy atom. The van der Waals surface area contributed by atoms with Gasteiger partial charge in [-0.1, -0.05) is 23.7 Å². The molecule has 104 valence electrons. The van der Waals surface area contributed by atoms with Crippen LogP contribution in [0.2, 0.25) is 5.02 Å². The number of amides is 1. The lowest BCUT2D eigenvalue weighted by Crippen LogP contribution is -2.12. The normalized spacial score (nSPS) is 10.1. The lowest BCUT2D eigenvalue weighted by atomic mass is 10.1. The number of benzene rings is 1. The number of rotatable bonds is 5. The third kappa shape index (κ3) is 4.20. The third-order valence-corrected chi connectivity index (χ3v) is 2.86. The number of halogens is 1. The van der Waals surface area contributed by atoms with Crippen LogP contribution in [0.15, 0.2) is 36.7 Å². The molecule has 1 amide bonds. The minimum Gasteiger partial charge on any atom is -0.467 e. The van der Waals surface area contributed by atoms with Crippen molar-refractivity contribution < 1.29 is 9.53 Å². The Kier molecular flexibility index (Phi) is 4.90. The number of carbonyl (C=O) groups is 1.